The Balaban J connectivity index is 2.34. The molecule has 0 spiro atoms. The number of guanidine groups is 1. The molecule has 0 aliphatic rings. The quantitative estimate of drug-likeness (QED) is 0.209. The third kappa shape index (κ3) is 6.15. The van der Waals surface area contributed by atoms with Gasteiger partial charge in [-0.1, -0.05) is 56.3 Å². The van der Waals surface area contributed by atoms with E-state index in [1.54, 1.807) is 19.9 Å². The van der Waals surface area contributed by atoms with Gasteiger partial charge >= 0.3 is 13.6 Å². The minimum atomic E-state index is -4.61. The van der Waals surface area contributed by atoms with Gasteiger partial charge in [0.2, 0.25) is 0 Å². The number of aliphatic carboxylic acids is 1. The maximum Gasteiger partial charge on any atom is 0.349 e. The standard InChI is InChI=1S/C21H29N4O5P/c1-14(2)21(24,12-11-15-7-4-3-5-8-15)31(28,29)30-18(19(26)27)16-9-6-10-17(13-16)25-20(22)23/h3-10,13-14,18H,11-12,24H2,1-2H3,(H,26,27)(H,28,29)(H4,22,23,25). The summed E-state index contributed by atoms with van der Waals surface area (Å²) in [5.41, 5.74) is 18.5. The van der Waals surface area contributed by atoms with Gasteiger partial charge in [0.05, 0.1) is 5.69 Å². The molecule has 3 atom stereocenters. The smallest absolute Gasteiger partial charge is 0.349 e. The van der Waals surface area contributed by atoms with Crippen molar-refractivity contribution in [2.75, 3.05) is 0 Å². The first-order valence-electron chi connectivity index (χ1n) is 9.73. The molecule has 0 aliphatic carbocycles. The predicted molar refractivity (Wildman–Crippen MR) is 120 cm³/mol. The van der Waals surface area contributed by atoms with Crippen LogP contribution < -0.4 is 17.2 Å². The molecule has 2 rings (SSSR count). The summed E-state index contributed by atoms with van der Waals surface area (Å²) in [4.78, 5) is 26.6. The summed E-state index contributed by atoms with van der Waals surface area (Å²) in [5.74, 6) is -2.11. The fraction of sp³-hybridized carbons (Fsp3) is 0.333. The molecule has 2 aromatic rings. The van der Waals surface area contributed by atoms with Crippen LogP contribution in [-0.2, 0) is 20.3 Å². The van der Waals surface area contributed by atoms with E-state index in [0.29, 0.717) is 6.42 Å². The van der Waals surface area contributed by atoms with Gasteiger partial charge in [-0.15, -0.1) is 0 Å². The van der Waals surface area contributed by atoms with Crippen LogP contribution in [0.3, 0.4) is 0 Å². The normalized spacial score (nSPS) is 16.2. The van der Waals surface area contributed by atoms with Crippen LogP contribution in [0.5, 0.6) is 0 Å². The number of aliphatic imine (C=N–C) groups is 1. The largest absolute Gasteiger partial charge is 0.479 e. The SMILES string of the molecule is CC(C)C(N)(CCc1ccccc1)P(=O)(O)OC(C(=O)O)c1cccc(N=C(N)N)c1. The highest BCUT2D eigenvalue weighted by atomic mass is 31.2. The molecule has 0 radical (unpaired) electrons. The van der Waals surface area contributed by atoms with E-state index >= 15 is 0 Å². The molecule has 3 unspecified atom stereocenters. The van der Waals surface area contributed by atoms with E-state index in [1.165, 1.54) is 18.2 Å². The number of benzene rings is 2. The van der Waals surface area contributed by atoms with Crippen molar-refractivity contribution in [2.45, 2.75) is 38.1 Å². The Morgan fingerprint density at radius 3 is 2.35 bits per heavy atom. The summed E-state index contributed by atoms with van der Waals surface area (Å²) >= 11 is 0. The highest BCUT2D eigenvalue weighted by molar-refractivity contribution is 7.54. The number of nitrogens with two attached hydrogens (primary N) is 3. The molecule has 31 heavy (non-hydrogen) atoms. The number of nitrogens with zero attached hydrogens (tertiary/aromatic N) is 1. The molecule has 0 saturated heterocycles. The Morgan fingerprint density at radius 2 is 1.81 bits per heavy atom. The average Bonchev–Trinajstić information content (AvgIpc) is 2.70. The van der Waals surface area contributed by atoms with Crippen LogP contribution in [0.15, 0.2) is 59.6 Å². The Morgan fingerprint density at radius 1 is 1.16 bits per heavy atom. The number of rotatable bonds is 10. The second-order valence-corrected chi connectivity index (χ2v) is 9.69. The number of carboxylic acid groups (broad SMARTS) is 1. The van der Waals surface area contributed by atoms with Crippen LogP contribution in [-0.4, -0.2) is 27.2 Å². The van der Waals surface area contributed by atoms with E-state index in [-0.39, 0.29) is 23.6 Å². The van der Waals surface area contributed by atoms with Gasteiger partial charge in [-0.3, -0.25) is 9.09 Å². The third-order valence-corrected chi connectivity index (χ3v) is 7.38. The number of carbonyl (C=O) groups is 1. The third-order valence-electron chi connectivity index (χ3n) is 5.09. The predicted octanol–water partition coefficient (Wildman–Crippen LogP) is 2.86. The Labute approximate surface area is 181 Å². The van der Waals surface area contributed by atoms with Gasteiger partial charge < -0.3 is 27.2 Å². The fourth-order valence-electron chi connectivity index (χ4n) is 3.14. The van der Waals surface area contributed by atoms with Gasteiger partial charge in [0.25, 0.3) is 0 Å². The molecule has 0 heterocycles. The molecule has 0 fully saturated rings. The van der Waals surface area contributed by atoms with Gasteiger partial charge in [-0.05, 0) is 42.0 Å². The van der Waals surface area contributed by atoms with Crippen molar-refractivity contribution < 1.29 is 23.9 Å². The molecule has 0 aliphatic heterocycles. The summed E-state index contributed by atoms with van der Waals surface area (Å²) in [5, 5.41) is 8.03. The van der Waals surface area contributed by atoms with Crippen molar-refractivity contribution in [2.24, 2.45) is 28.1 Å². The van der Waals surface area contributed by atoms with Gasteiger partial charge in [-0.25, -0.2) is 9.79 Å². The van der Waals surface area contributed by atoms with Gasteiger partial charge in [0.15, 0.2) is 12.1 Å². The van der Waals surface area contributed by atoms with Crippen molar-refractivity contribution in [3.05, 3.63) is 65.7 Å². The van der Waals surface area contributed by atoms with Gasteiger partial charge in [-0.2, -0.15) is 0 Å². The molecule has 168 valence electrons. The summed E-state index contributed by atoms with van der Waals surface area (Å²) in [6.07, 6.45) is -1.17. The van der Waals surface area contributed by atoms with Gasteiger partial charge in [0.1, 0.15) is 5.28 Å². The minimum absolute atomic E-state index is 0.110. The molecule has 2 aromatic carbocycles. The van der Waals surface area contributed by atoms with Crippen LogP contribution in [0.25, 0.3) is 0 Å². The second-order valence-electron chi connectivity index (χ2n) is 7.61. The lowest BCUT2D eigenvalue weighted by molar-refractivity contribution is -0.146. The van der Waals surface area contributed by atoms with Crippen molar-refractivity contribution in [1.29, 1.82) is 0 Å². The summed E-state index contributed by atoms with van der Waals surface area (Å²) in [6, 6.07) is 15.3. The molecular formula is C21H29N4O5P. The monoisotopic (exact) mass is 448 g/mol. The van der Waals surface area contributed by atoms with Crippen LogP contribution in [0.1, 0.15) is 37.5 Å². The molecule has 0 saturated carbocycles. The average molecular weight is 448 g/mol. The highest BCUT2D eigenvalue weighted by Gasteiger charge is 2.50. The molecular weight excluding hydrogens is 419 g/mol. The van der Waals surface area contributed by atoms with E-state index in [1.807, 2.05) is 30.3 Å². The zero-order chi connectivity index (χ0) is 23.2. The van der Waals surface area contributed by atoms with Gasteiger partial charge in [0, 0.05) is 0 Å². The first-order chi connectivity index (χ1) is 14.5. The van der Waals surface area contributed by atoms with Crippen molar-refractivity contribution in [3.8, 4) is 0 Å². The lowest BCUT2D eigenvalue weighted by Crippen LogP contribution is -2.46. The minimum Gasteiger partial charge on any atom is -0.479 e. The zero-order valence-electron chi connectivity index (χ0n) is 17.5. The second kappa shape index (κ2) is 10.1. The maximum absolute atomic E-state index is 13.3. The first-order valence-corrected chi connectivity index (χ1v) is 11.3. The summed E-state index contributed by atoms with van der Waals surface area (Å²) in [7, 11) is -4.61. The van der Waals surface area contributed by atoms with Crippen LogP contribution in [0, 0.1) is 5.92 Å². The van der Waals surface area contributed by atoms with Crippen LogP contribution >= 0.6 is 7.60 Å². The van der Waals surface area contributed by atoms with E-state index in [0.717, 1.165) is 5.56 Å². The number of hydrogen-bond acceptors (Lipinski definition) is 5. The van der Waals surface area contributed by atoms with E-state index < -0.39 is 30.9 Å². The van der Waals surface area contributed by atoms with E-state index in [9.17, 15) is 19.4 Å². The maximum atomic E-state index is 13.3. The first kappa shape index (κ1) is 24.6. The summed E-state index contributed by atoms with van der Waals surface area (Å²) < 4.78 is 18.7. The number of carboxylic acids is 1. The van der Waals surface area contributed by atoms with Crippen molar-refractivity contribution in [1.82, 2.24) is 0 Å². The topological polar surface area (TPSA) is 174 Å². The number of aryl methyl sites for hydroxylation is 1. The lowest BCUT2D eigenvalue weighted by Gasteiger charge is -2.37. The molecule has 0 aromatic heterocycles. The highest BCUT2D eigenvalue weighted by Crippen LogP contribution is 2.60. The lowest BCUT2D eigenvalue weighted by atomic mass is 9.96. The molecule has 10 heteroatoms. The molecule has 9 nitrogen and oxygen atoms in total. The van der Waals surface area contributed by atoms with E-state index in [4.69, 9.17) is 21.7 Å². The Kier molecular flexibility index (Phi) is 7.97. The van der Waals surface area contributed by atoms with Crippen LogP contribution in [0.2, 0.25) is 0 Å². The zero-order valence-corrected chi connectivity index (χ0v) is 18.4. The fourth-order valence-corrected chi connectivity index (χ4v) is 4.88. The van der Waals surface area contributed by atoms with Crippen molar-refractivity contribution >= 4 is 25.2 Å². The van der Waals surface area contributed by atoms with Crippen LogP contribution in [0.4, 0.5) is 5.69 Å². The summed E-state index contributed by atoms with van der Waals surface area (Å²) in [6.45, 7) is 3.40. The molecule has 0 bridgehead atoms. The molecule has 8 N–H and O–H groups in total. The number of hydrogen-bond donors (Lipinski definition) is 5. The Bertz CT molecular complexity index is 979. The Hall–Kier alpha value is -2.71. The van der Waals surface area contributed by atoms with Crippen molar-refractivity contribution in [3.63, 3.8) is 0 Å². The van der Waals surface area contributed by atoms with E-state index in [2.05, 4.69) is 4.99 Å². The molecule has 0 amide bonds.